The molecular weight excluding hydrogens is 261 g/mol. The van der Waals surface area contributed by atoms with Gasteiger partial charge in [-0.3, -0.25) is 4.79 Å². The van der Waals surface area contributed by atoms with Crippen molar-refractivity contribution in [2.45, 2.75) is 13.0 Å². The van der Waals surface area contributed by atoms with E-state index in [9.17, 15) is 4.79 Å². The van der Waals surface area contributed by atoms with Crippen molar-refractivity contribution in [2.24, 2.45) is 0 Å². The Morgan fingerprint density at radius 2 is 2.24 bits per heavy atom. The van der Waals surface area contributed by atoms with Crippen molar-refractivity contribution in [1.82, 2.24) is 4.90 Å². The van der Waals surface area contributed by atoms with Crippen molar-refractivity contribution < 1.29 is 9.53 Å². The Morgan fingerprint density at radius 3 is 2.88 bits per heavy atom. The van der Waals surface area contributed by atoms with Crippen LogP contribution >= 0.6 is 23.2 Å². The third kappa shape index (κ3) is 2.35. The van der Waals surface area contributed by atoms with E-state index in [-0.39, 0.29) is 11.8 Å². The Balaban J connectivity index is 2.35. The number of hydrogen-bond donors (Lipinski definition) is 0. The molecule has 0 aliphatic carbocycles. The van der Waals surface area contributed by atoms with Gasteiger partial charge in [-0.2, -0.15) is 0 Å². The number of methoxy groups -OCH3 is 1. The second-order valence-electron chi connectivity index (χ2n) is 3.91. The maximum Gasteiger partial charge on any atom is 0.237 e. The van der Waals surface area contributed by atoms with Crippen molar-refractivity contribution in [3.8, 4) is 5.75 Å². The standard InChI is InChI=1S/C12H13Cl2NO2/c1-17-11-3-2-10(14)8-4-5-15(7-9(8)11)12(16)6-13/h2-3H,4-7H2,1H3. The molecule has 0 bridgehead atoms. The van der Waals surface area contributed by atoms with Gasteiger partial charge in [0.25, 0.3) is 0 Å². The molecule has 0 aromatic heterocycles. The van der Waals surface area contributed by atoms with E-state index in [1.807, 2.05) is 12.1 Å². The fourth-order valence-corrected chi connectivity index (χ4v) is 2.53. The average Bonchev–Trinajstić information content (AvgIpc) is 2.38. The summed E-state index contributed by atoms with van der Waals surface area (Å²) in [6.07, 6.45) is 0.744. The smallest absolute Gasteiger partial charge is 0.237 e. The van der Waals surface area contributed by atoms with Crippen LogP contribution in [0.25, 0.3) is 0 Å². The van der Waals surface area contributed by atoms with Gasteiger partial charge in [-0.15, -0.1) is 11.6 Å². The van der Waals surface area contributed by atoms with Crippen LogP contribution in [0, 0.1) is 0 Å². The Morgan fingerprint density at radius 1 is 1.47 bits per heavy atom. The van der Waals surface area contributed by atoms with Crippen molar-refractivity contribution in [3.63, 3.8) is 0 Å². The molecule has 2 rings (SSSR count). The highest BCUT2D eigenvalue weighted by Crippen LogP contribution is 2.33. The Bertz CT molecular complexity index is 448. The number of rotatable bonds is 2. The quantitative estimate of drug-likeness (QED) is 0.775. The number of carbonyl (C=O) groups excluding carboxylic acids is 1. The fourth-order valence-electron chi connectivity index (χ4n) is 2.09. The Labute approximate surface area is 110 Å². The Kier molecular flexibility index (Phi) is 3.79. The first-order valence-electron chi connectivity index (χ1n) is 5.35. The van der Waals surface area contributed by atoms with Crippen LogP contribution in [0.15, 0.2) is 12.1 Å². The number of alkyl halides is 1. The molecule has 1 heterocycles. The summed E-state index contributed by atoms with van der Waals surface area (Å²) in [4.78, 5) is 13.3. The normalized spacial score (nSPS) is 14.4. The summed E-state index contributed by atoms with van der Waals surface area (Å²) in [5.74, 6) is 0.730. The average molecular weight is 274 g/mol. The molecule has 1 aromatic rings. The first kappa shape index (κ1) is 12.5. The number of carbonyl (C=O) groups is 1. The zero-order valence-corrected chi connectivity index (χ0v) is 11.0. The van der Waals surface area contributed by atoms with Crippen LogP contribution in [-0.2, 0) is 17.8 Å². The summed E-state index contributed by atoms with van der Waals surface area (Å²) in [6.45, 7) is 1.18. The maximum atomic E-state index is 11.6. The number of ether oxygens (including phenoxy) is 1. The van der Waals surface area contributed by atoms with Gasteiger partial charge in [-0.25, -0.2) is 0 Å². The van der Waals surface area contributed by atoms with Crippen LogP contribution in [0.2, 0.25) is 5.02 Å². The van der Waals surface area contributed by atoms with E-state index in [0.29, 0.717) is 13.1 Å². The van der Waals surface area contributed by atoms with E-state index < -0.39 is 0 Å². The molecule has 1 amide bonds. The van der Waals surface area contributed by atoms with Gasteiger partial charge in [0.2, 0.25) is 5.91 Å². The lowest BCUT2D eigenvalue weighted by molar-refractivity contribution is -0.129. The topological polar surface area (TPSA) is 29.5 Å². The van der Waals surface area contributed by atoms with Crippen molar-refractivity contribution in [1.29, 1.82) is 0 Å². The lowest BCUT2D eigenvalue weighted by Gasteiger charge is -2.30. The van der Waals surface area contributed by atoms with Crippen LogP contribution < -0.4 is 4.74 Å². The van der Waals surface area contributed by atoms with E-state index in [4.69, 9.17) is 27.9 Å². The van der Waals surface area contributed by atoms with E-state index in [0.717, 1.165) is 28.3 Å². The second kappa shape index (κ2) is 5.15. The van der Waals surface area contributed by atoms with E-state index in [1.165, 1.54) is 0 Å². The van der Waals surface area contributed by atoms with Crippen LogP contribution in [-0.4, -0.2) is 30.3 Å². The van der Waals surface area contributed by atoms with Crippen LogP contribution in [0.5, 0.6) is 5.75 Å². The third-order valence-electron chi connectivity index (χ3n) is 3.00. The Hall–Kier alpha value is -0.930. The zero-order valence-electron chi connectivity index (χ0n) is 9.50. The predicted octanol–water partition coefficient (Wildman–Crippen LogP) is 2.47. The van der Waals surface area contributed by atoms with Crippen LogP contribution in [0.3, 0.4) is 0 Å². The molecular formula is C12H13Cl2NO2. The molecule has 0 N–H and O–H groups in total. The van der Waals surface area contributed by atoms with Gasteiger partial charge in [0.05, 0.1) is 7.11 Å². The monoisotopic (exact) mass is 273 g/mol. The van der Waals surface area contributed by atoms with Crippen molar-refractivity contribution in [3.05, 3.63) is 28.3 Å². The van der Waals surface area contributed by atoms with Gasteiger partial charge in [0.1, 0.15) is 11.6 Å². The lowest BCUT2D eigenvalue weighted by Crippen LogP contribution is -2.37. The van der Waals surface area contributed by atoms with Crippen molar-refractivity contribution >= 4 is 29.1 Å². The summed E-state index contributed by atoms with van der Waals surface area (Å²) in [7, 11) is 1.62. The number of benzene rings is 1. The molecule has 1 aromatic carbocycles. The summed E-state index contributed by atoms with van der Waals surface area (Å²) in [5, 5.41) is 0.735. The molecule has 0 spiro atoms. The minimum Gasteiger partial charge on any atom is -0.496 e. The SMILES string of the molecule is COc1ccc(Cl)c2c1CN(C(=O)CCl)CC2. The maximum absolute atomic E-state index is 11.6. The molecule has 0 radical (unpaired) electrons. The molecule has 0 atom stereocenters. The number of nitrogens with zero attached hydrogens (tertiary/aromatic N) is 1. The lowest BCUT2D eigenvalue weighted by atomic mass is 9.98. The summed E-state index contributed by atoms with van der Waals surface area (Å²) >= 11 is 11.7. The molecule has 5 heteroatoms. The van der Waals surface area contributed by atoms with E-state index >= 15 is 0 Å². The van der Waals surface area contributed by atoms with Crippen LogP contribution in [0.4, 0.5) is 0 Å². The zero-order chi connectivity index (χ0) is 12.4. The molecule has 0 fully saturated rings. The van der Waals surface area contributed by atoms with Gasteiger partial charge in [0.15, 0.2) is 0 Å². The summed E-state index contributed by atoms with van der Waals surface area (Å²) in [6, 6.07) is 3.66. The van der Waals surface area contributed by atoms with Gasteiger partial charge in [-0.05, 0) is 24.1 Å². The molecule has 1 aliphatic rings. The highest BCUT2D eigenvalue weighted by Gasteiger charge is 2.24. The molecule has 3 nitrogen and oxygen atoms in total. The summed E-state index contributed by atoms with van der Waals surface area (Å²) in [5.41, 5.74) is 2.06. The number of hydrogen-bond acceptors (Lipinski definition) is 2. The fraction of sp³-hybridized carbons (Fsp3) is 0.417. The third-order valence-corrected chi connectivity index (χ3v) is 3.58. The predicted molar refractivity (Wildman–Crippen MR) is 67.8 cm³/mol. The largest absolute Gasteiger partial charge is 0.496 e. The van der Waals surface area contributed by atoms with Gasteiger partial charge in [0, 0.05) is 23.7 Å². The molecule has 0 saturated carbocycles. The summed E-state index contributed by atoms with van der Waals surface area (Å²) < 4.78 is 5.30. The van der Waals surface area contributed by atoms with Gasteiger partial charge < -0.3 is 9.64 Å². The molecule has 0 unspecified atom stereocenters. The highest BCUT2D eigenvalue weighted by molar-refractivity contribution is 6.31. The number of amides is 1. The molecule has 0 saturated heterocycles. The second-order valence-corrected chi connectivity index (χ2v) is 4.58. The molecule has 92 valence electrons. The molecule has 1 aliphatic heterocycles. The van der Waals surface area contributed by atoms with Gasteiger partial charge in [-0.1, -0.05) is 11.6 Å². The molecule has 17 heavy (non-hydrogen) atoms. The highest BCUT2D eigenvalue weighted by atomic mass is 35.5. The number of halogens is 2. The minimum atomic E-state index is -0.0562. The van der Waals surface area contributed by atoms with Gasteiger partial charge >= 0.3 is 0 Å². The van der Waals surface area contributed by atoms with Crippen LogP contribution in [0.1, 0.15) is 11.1 Å². The minimum absolute atomic E-state index is 0.0121. The first-order chi connectivity index (χ1) is 8.17. The van der Waals surface area contributed by atoms with E-state index in [2.05, 4.69) is 0 Å². The van der Waals surface area contributed by atoms with Crippen molar-refractivity contribution in [2.75, 3.05) is 19.5 Å². The number of fused-ring (bicyclic) bond motifs is 1. The van der Waals surface area contributed by atoms with E-state index in [1.54, 1.807) is 12.0 Å². The first-order valence-corrected chi connectivity index (χ1v) is 6.26.